The van der Waals surface area contributed by atoms with Crippen LogP contribution in [0.3, 0.4) is 0 Å². The van der Waals surface area contributed by atoms with E-state index in [4.69, 9.17) is 9.47 Å². The van der Waals surface area contributed by atoms with Gasteiger partial charge in [0.25, 0.3) is 0 Å². The predicted molar refractivity (Wildman–Crippen MR) is 121 cm³/mol. The Balaban J connectivity index is 1.37. The monoisotopic (exact) mass is 419 g/mol. The SMILES string of the molecule is Cc1cc(C)cc(C2(C(=O)N3C[C@@H]4CC[C@H](Oc5ccccc5)[C@@H]4C3)CCOCC2)c1. The molecule has 0 N–H and O–H groups in total. The Morgan fingerprint density at radius 1 is 1.00 bits per heavy atom. The smallest absolute Gasteiger partial charge is 0.233 e. The third kappa shape index (κ3) is 3.87. The normalized spacial score (nSPS) is 27.2. The minimum absolute atomic E-state index is 0.206. The van der Waals surface area contributed by atoms with Gasteiger partial charge in [-0.2, -0.15) is 0 Å². The number of hydrogen-bond acceptors (Lipinski definition) is 3. The average molecular weight is 420 g/mol. The van der Waals surface area contributed by atoms with Crippen LogP contribution in [0, 0.1) is 25.7 Å². The second kappa shape index (κ2) is 8.31. The Hall–Kier alpha value is -2.33. The molecule has 1 aliphatic carbocycles. The summed E-state index contributed by atoms with van der Waals surface area (Å²) >= 11 is 0. The first-order chi connectivity index (χ1) is 15.0. The summed E-state index contributed by atoms with van der Waals surface area (Å²) in [7, 11) is 0. The minimum Gasteiger partial charge on any atom is -0.490 e. The summed E-state index contributed by atoms with van der Waals surface area (Å²) in [6.45, 7) is 7.23. The van der Waals surface area contributed by atoms with Crippen molar-refractivity contribution in [2.45, 2.75) is 51.0 Å². The molecule has 31 heavy (non-hydrogen) atoms. The zero-order chi connectivity index (χ0) is 21.4. The van der Waals surface area contributed by atoms with Crippen LogP contribution in [0.4, 0.5) is 0 Å². The van der Waals surface area contributed by atoms with Gasteiger partial charge in [-0.15, -0.1) is 0 Å². The molecule has 0 unspecified atom stereocenters. The fourth-order valence-electron chi connectivity index (χ4n) is 6.10. The Kier molecular flexibility index (Phi) is 5.51. The van der Waals surface area contributed by atoms with Crippen LogP contribution in [0.25, 0.3) is 0 Å². The summed E-state index contributed by atoms with van der Waals surface area (Å²) in [6.07, 6.45) is 3.97. The Morgan fingerprint density at radius 2 is 1.71 bits per heavy atom. The highest BCUT2D eigenvalue weighted by atomic mass is 16.5. The summed E-state index contributed by atoms with van der Waals surface area (Å²) in [6, 6.07) is 16.7. The van der Waals surface area contributed by atoms with Gasteiger partial charge in [-0.25, -0.2) is 0 Å². The van der Waals surface area contributed by atoms with Crippen molar-refractivity contribution < 1.29 is 14.3 Å². The zero-order valence-electron chi connectivity index (χ0n) is 18.7. The highest BCUT2D eigenvalue weighted by Gasteiger charge is 2.50. The van der Waals surface area contributed by atoms with E-state index in [9.17, 15) is 4.79 Å². The van der Waals surface area contributed by atoms with Gasteiger partial charge in [0.15, 0.2) is 0 Å². The van der Waals surface area contributed by atoms with Crippen LogP contribution in [-0.2, 0) is 14.9 Å². The van der Waals surface area contributed by atoms with Gasteiger partial charge in [-0.05, 0) is 63.1 Å². The van der Waals surface area contributed by atoms with Crippen LogP contribution in [0.5, 0.6) is 5.75 Å². The molecule has 1 amide bonds. The maximum Gasteiger partial charge on any atom is 0.233 e. The van der Waals surface area contributed by atoms with Gasteiger partial charge in [0.1, 0.15) is 11.9 Å². The van der Waals surface area contributed by atoms with Crippen LogP contribution in [0.1, 0.15) is 42.4 Å². The highest BCUT2D eigenvalue weighted by Crippen LogP contribution is 2.44. The summed E-state index contributed by atoms with van der Waals surface area (Å²) in [4.78, 5) is 16.2. The quantitative estimate of drug-likeness (QED) is 0.723. The molecule has 2 aliphatic heterocycles. The molecule has 4 nitrogen and oxygen atoms in total. The van der Waals surface area contributed by atoms with E-state index >= 15 is 0 Å². The predicted octanol–water partition coefficient (Wildman–Crippen LogP) is 4.67. The first kappa shape index (κ1) is 20.6. The number of nitrogens with zero attached hydrogens (tertiary/aromatic N) is 1. The zero-order valence-corrected chi connectivity index (χ0v) is 18.7. The van der Waals surface area contributed by atoms with E-state index in [2.05, 4.69) is 36.9 Å². The van der Waals surface area contributed by atoms with E-state index in [1.165, 1.54) is 16.7 Å². The number of rotatable bonds is 4. The van der Waals surface area contributed by atoms with Crippen molar-refractivity contribution in [1.29, 1.82) is 0 Å². The van der Waals surface area contributed by atoms with E-state index in [1.54, 1.807) is 0 Å². The molecular formula is C27H33NO3. The molecule has 1 saturated carbocycles. The molecule has 0 aromatic heterocycles. The maximum atomic E-state index is 14.1. The number of aryl methyl sites for hydroxylation is 2. The van der Waals surface area contributed by atoms with Crippen molar-refractivity contribution in [3.8, 4) is 5.75 Å². The van der Waals surface area contributed by atoms with Gasteiger partial charge in [-0.3, -0.25) is 4.79 Å². The molecule has 2 saturated heterocycles. The van der Waals surface area contributed by atoms with Crippen molar-refractivity contribution in [3.63, 3.8) is 0 Å². The first-order valence-electron chi connectivity index (χ1n) is 11.7. The third-order valence-corrected chi connectivity index (χ3v) is 7.64. The van der Waals surface area contributed by atoms with E-state index < -0.39 is 5.41 Å². The van der Waals surface area contributed by atoms with Gasteiger partial charge in [-0.1, -0.05) is 47.5 Å². The fraction of sp³-hybridized carbons (Fsp3) is 0.519. The maximum absolute atomic E-state index is 14.1. The van der Waals surface area contributed by atoms with Crippen LogP contribution < -0.4 is 4.74 Å². The fourth-order valence-corrected chi connectivity index (χ4v) is 6.10. The lowest BCUT2D eigenvalue weighted by Crippen LogP contribution is -2.49. The third-order valence-electron chi connectivity index (χ3n) is 7.64. The topological polar surface area (TPSA) is 38.8 Å². The molecule has 3 atom stereocenters. The van der Waals surface area contributed by atoms with Crippen LogP contribution >= 0.6 is 0 Å². The Labute approximate surface area is 185 Å². The molecule has 3 aliphatic rings. The van der Waals surface area contributed by atoms with Gasteiger partial charge >= 0.3 is 0 Å². The number of para-hydroxylation sites is 1. The largest absolute Gasteiger partial charge is 0.490 e. The molecule has 164 valence electrons. The molecule has 2 heterocycles. The number of likely N-dealkylation sites (tertiary alicyclic amines) is 1. The number of carbonyl (C=O) groups excluding carboxylic acids is 1. The Morgan fingerprint density at radius 3 is 2.42 bits per heavy atom. The molecule has 2 aromatic rings. The number of benzene rings is 2. The number of amides is 1. The van der Waals surface area contributed by atoms with Crippen molar-refractivity contribution in [2.75, 3.05) is 26.3 Å². The van der Waals surface area contributed by atoms with Gasteiger partial charge in [0.2, 0.25) is 5.91 Å². The molecular weight excluding hydrogens is 386 g/mol. The van der Waals surface area contributed by atoms with Gasteiger partial charge < -0.3 is 14.4 Å². The van der Waals surface area contributed by atoms with Crippen molar-refractivity contribution in [3.05, 3.63) is 65.2 Å². The summed E-state index contributed by atoms with van der Waals surface area (Å²) in [5.74, 6) is 2.22. The number of hydrogen-bond donors (Lipinski definition) is 0. The molecule has 3 fully saturated rings. The summed E-state index contributed by atoms with van der Waals surface area (Å²) in [5, 5.41) is 0. The molecule has 0 spiro atoms. The van der Waals surface area contributed by atoms with Gasteiger partial charge in [0, 0.05) is 32.2 Å². The van der Waals surface area contributed by atoms with Gasteiger partial charge in [0.05, 0.1) is 5.41 Å². The second-order valence-corrected chi connectivity index (χ2v) is 9.75. The average Bonchev–Trinajstić information content (AvgIpc) is 3.36. The van der Waals surface area contributed by atoms with E-state index in [1.807, 2.05) is 30.3 Å². The molecule has 2 aromatic carbocycles. The number of ether oxygens (including phenoxy) is 2. The standard InChI is InChI=1S/C27H33NO3/c1-19-14-20(2)16-22(15-19)27(10-12-30-13-11-27)26(29)28-17-21-8-9-25(24(21)18-28)31-23-6-4-3-5-7-23/h3-7,14-16,21,24-25H,8-13,17-18H2,1-2H3/t21-,24+,25-/m0/s1. The van der Waals surface area contributed by atoms with Crippen LogP contribution in [-0.4, -0.2) is 43.2 Å². The summed E-state index contributed by atoms with van der Waals surface area (Å²) < 4.78 is 12.0. The number of carbonyl (C=O) groups is 1. The second-order valence-electron chi connectivity index (χ2n) is 9.75. The van der Waals surface area contributed by atoms with E-state index in [0.29, 0.717) is 31.0 Å². The molecule has 4 heteroatoms. The lowest BCUT2D eigenvalue weighted by Gasteiger charge is -2.39. The first-order valence-corrected chi connectivity index (χ1v) is 11.7. The molecule has 0 radical (unpaired) electrons. The number of fused-ring (bicyclic) bond motifs is 1. The van der Waals surface area contributed by atoms with Crippen molar-refractivity contribution >= 4 is 5.91 Å². The van der Waals surface area contributed by atoms with Crippen molar-refractivity contribution in [2.24, 2.45) is 11.8 Å². The van der Waals surface area contributed by atoms with E-state index in [0.717, 1.165) is 44.5 Å². The van der Waals surface area contributed by atoms with E-state index in [-0.39, 0.29) is 6.10 Å². The lowest BCUT2D eigenvalue weighted by atomic mass is 9.72. The minimum atomic E-state index is -0.455. The molecule has 5 rings (SSSR count). The van der Waals surface area contributed by atoms with Crippen molar-refractivity contribution in [1.82, 2.24) is 4.90 Å². The highest BCUT2D eigenvalue weighted by molar-refractivity contribution is 5.89. The summed E-state index contributed by atoms with van der Waals surface area (Å²) in [5.41, 5.74) is 3.17. The van der Waals surface area contributed by atoms with Crippen LogP contribution in [0.2, 0.25) is 0 Å². The molecule has 0 bridgehead atoms. The van der Waals surface area contributed by atoms with Crippen LogP contribution in [0.15, 0.2) is 48.5 Å². The Bertz CT molecular complexity index is 915. The lowest BCUT2D eigenvalue weighted by molar-refractivity contribution is -0.140.